The number of amides is 1. The van der Waals surface area contributed by atoms with Gasteiger partial charge in [0.2, 0.25) is 5.91 Å². The average Bonchev–Trinajstić information content (AvgIpc) is 2.67. The molecular formula is C11H14N2O2. The zero-order chi connectivity index (χ0) is 10.8. The number of hydrogen-bond acceptors (Lipinski definition) is 3. The summed E-state index contributed by atoms with van der Waals surface area (Å²) in [6.07, 6.45) is 0.660. The Morgan fingerprint density at radius 1 is 1.47 bits per heavy atom. The fraction of sp³-hybridized carbons (Fsp3) is 0.364. The molecule has 0 saturated carbocycles. The summed E-state index contributed by atoms with van der Waals surface area (Å²) in [7, 11) is 0. The maximum Gasteiger partial charge on any atom is 0.221 e. The molecule has 2 atom stereocenters. The Morgan fingerprint density at radius 2 is 2.20 bits per heavy atom. The summed E-state index contributed by atoms with van der Waals surface area (Å²) < 4.78 is 0. The van der Waals surface area contributed by atoms with E-state index in [0.717, 1.165) is 5.56 Å². The molecule has 2 rings (SSSR count). The molecule has 1 saturated heterocycles. The van der Waals surface area contributed by atoms with Crippen LogP contribution in [0, 0.1) is 5.92 Å². The van der Waals surface area contributed by atoms with Crippen molar-refractivity contribution in [3.05, 3.63) is 29.8 Å². The van der Waals surface area contributed by atoms with Crippen molar-refractivity contribution < 1.29 is 9.90 Å². The minimum absolute atomic E-state index is 0.0312. The second kappa shape index (κ2) is 3.90. The molecule has 4 heteroatoms. The summed E-state index contributed by atoms with van der Waals surface area (Å²) in [6.45, 7) is 0.592. The van der Waals surface area contributed by atoms with Gasteiger partial charge in [-0.25, -0.2) is 0 Å². The number of carbonyl (C=O) groups is 1. The van der Waals surface area contributed by atoms with Crippen LogP contribution >= 0.6 is 0 Å². The summed E-state index contributed by atoms with van der Waals surface area (Å²) in [5.41, 5.74) is 6.07. The standard InChI is InChI=1S/C11H14N2O2/c12-11(15)7-5-9(13-6-7)8-3-1-2-4-10(8)14/h1-4,7,9,13-14H,5-6H2,(H2,12,15). The second-order valence-corrected chi connectivity index (χ2v) is 3.85. The van der Waals surface area contributed by atoms with Gasteiger partial charge in [0, 0.05) is 18.2 Å². The Bertz CT molecular complexity index is 379. The van der Waals surface area contributed by atoms with Crippen LogP contribution in [0.3, 0.4) is 0 Å². The molecule has 1 fully saturated rings. The van der Waals surface area contributed by atoms with Crippen LogP contribution in [0.2, 0.25) is 0 Å². The smallest absolute Gasteiger partial charge is 0.221 e. The molecule has 0 radical (unpaired) electrons. The summed E-state index contributed by atoms with van der Waals surface area (Å²) in [5.74, 6) is -0.143. The number of carbonyl (C=O) groups excluding carboxylic acids is 1. The molecule has 4 N–H and O–H groups in total. The van der Waals surface area contributed by atoms with Gasteiger partial charge in [0.15, 0.2) is 0 Å². The lowest BCUT2D eigenvalue weighted by Gasteiger charge is -2.11. The lowest BCUT2D eigenvalue weighted by molar-refractivity contribution is -0.121. The number of nitrogens with one attached hydrogen (secondary N) is 1. The van der Waals surface area contributed by atoms with E-state index in [2.05, 4.69) is 5.32 Å². The molecule has 1 aromatic rings. The maximum atomic E-state index is 11.0. The van der Waals surface area contributed by atoms with Crippen molar-refractivity contribution in [2.75, 3.05) is 6.54 Å². The maximum absolute atomic E-state index is 11.0. The monoisotopic (exact) mass is 206 g/mol. The van der Waals surface area contributed by atoms with E-state index < -0.39 is 0 Å². The van der Waals surface area contributed by atoms with Gasteiger partial charge in [0.05, 0.1) is 5.92 Å². The average molecular weight is 206 g/mol. The van der Waals surface area contributed by atoms with Crippen molar-refractivity contribution in [1.82, 2.24) is 5.32 Å². The molecule has 0 aromatic heterocycles. The number of nitrogens with two attached hydrogens (primary N) is 1. The van der Waals surface area contributed by atoms with Crippen LogP contribution in [0.5, 0.6) is 5.75 Å². The molecule has 0 bridgehead atoms. The van der Waals surface area contributed by atoms with E-state index in [0.29, 0.717) is 13.0 Å². The van der Waals surface area contributed by atoms with Gasteiger partial charge < -0.3 is 16.2 Å². The number of phenolic OH excluding ortho intramolecular Hbond substituents is 1. The van der Waals surface area contributed by atoms with Crippen LogP contribution in [0.1, 0.15) is 18.0 Å². The van der Waals surface area contributed by atoms with Crippen LogP contribution in [0.15, 0.2) is 24.3 Å². The van der Waals surface area contributed by atoms with E-state index in [1.165, 1.54) is 0 Å². The number of aromatic hydroxyl groups is 1. The van der Waals surface area contributed by atoms with Crippen molar-refractivity contribution in [1.29, 1.82) is 0 Å². The van der Waals surface area contributed by atoms with E-state index in [-0.39, 0.29) is 23.6 Å². The molecule has 1 heterocycles. The van der Waals surface area contributed by atoms with Gasteiger partial charge in [-0.2, -0.15) is 0 Å². The minimum Gasteiger partial charge on any atom is -0.508 e. The zero-order valence-electron chi connectivity index (χ0n) is 8.31. The Labute approximate surface area is 88.1 Å². The van der Waals surface area contributed by atoms with E-state index in [9.17, 15) is 9.90 Å². The van der Waals surface area contributed by atoms with Crippen molar-refractivity contribution in [3.8, 4) is 5.75 Å². The highest BCUT2D eigenvalue weighted by atomic mass is 16.3. The number of phenols is 1. The normalized spacial score (nSPS) is 25.3. The van der Waals surface area contributed by atoms with Crippen molar-refractivity contribution in [3.63, 3.8) is 0 Å². The first-order valence-electron chi connectivity index (χ1n) is 4.99. The molecule has 80 valence electrons. The Hall–Kier alpha value is -1.55. The molecule has 1 aliphatic heterocycles. The third kappa shape index (κ3) is 1.94. The molecule has 2 unspecified atom stereocenters. The molecule has 0 aliphatic carbocycles. The van der Waals surface area contributed by atoms with Gasteiger partial charge in [0.25, 0.3) is 0 Å². The molecule has 0 spiro atoms. The van der Waals surface area contributed by atoms with Crippen LogP contribution in [-0.4, -0.2) is 17.6 Å². The molecule has 1 aromatic carbocycles. The predicted molar refractivity (Wildman–Crippen MR) is 56.2 cm³/mol. The highest BCUT2D eigenvalue weighted by molar-refractivity contribution is 5.77. The van der Waals surface area contributed by atoms with Crippen molar-refractivity contribution in [2.45, 2.75) is 12.5 Å². The summed E-state index contributed by atoms with van der Waals surface area (Å²) in [4.78, 5) is 11.0. The molecule has 4 nitrogen and oxygen atoms in total. The molecule has 1 amide bonds. The largest absolute Gasteiger partial charge is 0.508 e. The highest BCUT2D eigenvalue weighted by Crippen LogP contribution is 2.31. The number of primary amides is 1. The number of benzene rings is 1. The van der Waals surface area contributed by atoms with Gasteiger partial charge in [-0.15, -0.1) is 0 Å². The van der Waals surface area contributed by atoms with Crippen LogP contribution in [0.4, 0.5) is 0 Å². The second-order valence-electron chi connectivity index (χ2n) is 3.85. The Morgan fingerprint density at radius 3 is 2.80 bits per heavy atom. The summed E-state index contributed by atoms with van der Waals surface area (Å²) in [6, 6.07) is 7.18. The van der Waals surface area contributed by atoms with Gasteiger partial charge in [-0.3, -0.25) is 4.79 Å². The first-order valence-corrected chi connectivity index (χ1v) is 4.99. The summed E-state index contributed by atoms with van der Waals surface area (Å²) >= 11 is 0. The number of hydrogen-bond donors (Lipinski definition) is 3. The fourth-order valence-corrected chi connectivity index (χ4v) is 1.97. The Balaban J connectivity index is 2.14. The predicted octanol–water partition coefficient (Wildman–Crippen LogP) is 0.528. The SMILES string of the molecule is NC(=O)C1CNC(c2ccccc2O)C1. The zero-order valence-corrected chi connectivity index (χ0v) is 8.31. The van der Waals surface area contributed by atoms with E-state index in [1.807, 2.05) is 12.1 Å². The van der Waals surface area contributed by atoms with E-state index in [4.69, 9.17) is 5.73 Å². The molecule has 1 aliphatic rings. The van der Waals surface area contributed by atoms with Crippen LogP contribution < -0.4 is 11.1 Å². The first-order chi connectivity index (χ1) is 7.18. The fourth-order valence-electron chi connectivity index (χ4n) is 1.97. The van der Waals surface area contributed by atoms with Gasteiger partial charge in [-0.1, -0.05) is 18.2 Å². The third-order valence-corrected chi connectivity index (χ3v) is 2.85. The van der Waals surface area contributed by atoms with Gasteiger partial charge in [0.1, 0.15) is 5.75 Å². The molecular weight excluding hydrogens is 192 g/mol. The van der Waals surface area contributed by atoms with Crippen molar-refractivity contribution in [2.24, 2.45) is 11.7 Å². The topological polar surface area (TPSA) is 75.4 Å². The molecule has 15 heavy (non-hydrogen) atoms. The van der Waals surface area contributed by atoms with E-state index in [1.54, 1.807) is 12.1 Å². The minimum atomic E-state index is -0.277. The first kappa shape index (κ1) is 9.98. The highest BCUT2D eigenvalue weighted by Gasteiger charge is 2.29. The van der Waals surface area contributed by atoms with Gasteiger partial charge >= 0.3 is 0 Å². The Kier molecular flexibility index (Phi) is 2.60. The number of rotatable bonds is 2. The number of para-hydroxylation sites is 1. The van der Waals surface area contributed by atoms with Crippen LogP contribution in [-0.2, 0) is 4.79 Å². The quantitative estimate of drug-likeness (QED) is 0.660. The van der Waals surface area contributed by atoms with E-state index >= 15 is 0 Å². The summed E-state index contributed by atoms with van der Waals surface area (Å²) in [5, 5.41) is 12.8. The third-order valence-electron chi connectivity index (χ3n) is 2.85. The lowest BCUT2D eigenvalue weighted by Crippen LogP contribution is -2.24. The van der Waals surface area contributed by atoms with Crippen molar-refractivity contribution >= 4 is 5.91 Å². The van der Waals surface area contributed by atoms with Crippen LogP contribution in [0.25, 0.3) is 0 Å². The van der Waals surface area contributed by atoms with Gasteiger partial charge in [-0.05, 0) is 12.5 Å². The lowest BCUT2D eigenvalue weighted by atomic mass is 9.99.